The predicted octanol–water partition coefficient (Wildman–Crippen LogP) is 6.41. The van der Waals surface area contributed by atoms with Crippen LogP contribution in [-0.4, -0.2) is 38.2 Å². The van der Waals surface area contributed by atoms with Crippen LogP contribution >= 0.6 is 0 Å². The van der Waals surface area contributed by atoms with E-state index in [1.807, 2.05) is 12.1 Å². The van der Waals surface area contributed by atoms with Gasteiger partial charge in [0.25, 0.3) is 0 Å². The fourth-order valence-corrected chi connectivity index (χ4v) is 7.12. The molecule has 4 aliphatic carbocycles. The van der Waals surface area contributed by atoms with Crippen molar-refractivity contribution in [1.82, 2.24) is 0 Å². The van der Waals surface area contributed by atoms with E-state index >= 15 is 0 Å². The average Bonchev–Trinajstić information content (AvgIpc) is 2.83. The van der Waals surface area contributed by atoms with Gasteiger partial charge in [0.2, 0.25) is 0 Å². The van der Waals surface area contributed by atoms with Gasteiger partial charge >= 0.3 is 5.97 Å². The summed E-state index contributed by atoms with van der Waals surface area (Å²) in [4.78, 5) is 11.2. The summed E-state index contributed by atoms with van der Waals surface area (Å²) in [5.74, 6) is 2.59. The van der Waals surface area contributed by atoms with E-state index < -0.39 is 5.97 Å². The number of carboxylic acids is 1. The van der Waals surface area contributed by atoms with Gasteiger partial charge in [0.05, 0.1) is 18.8 Å². The Morgan fingerprint density at radius 2 is 1.60 bits per heavy atom. The Bertz CT molecular complexity index is 1050. The van der Waals surface area contributed by atoms with E-state index in [2.05, 4.69) is 31.2 Å². The number of aromatic carboxylic acids is 1. The molecule has 0 atom stereocenters. The Labute approximate surface area is 208 Å². The van der Waals surface area contributed by atoms with Crippen molar-refractivity contribution in [3.63, 3.8) is 0 Å². The SMILES string of the molecule is COCCOCOc1ccc(/C(C)=C/c2ccc(C(=O)O)cc2)cc1C12CC3CC(CC(C3)C1)C2. The summed E-state index contributed by atoms with van der Waals surface area (Å²) in [5, 5.41) is 9.17. The van der Waals surface area contributed by atoms with Crippen LogP contribution in [0, 0.1) is 17.8 Å². The van der Waals surface area contributed by atoms with Gasteiger partial charge in [-0.15, -0.1) is 0 Å². The molecule has 2 aromatic carbocycles. The molecule has 0 heterocycles. The second-order valence-electron chi connectivity index (χ2n) is 10.8. The van der Waals surface area contributed by atoms with Crippen LogP contribution in [0.2, 0.25) is 0 Å². The fraction of sp³-hybridized carbons (Fsp3) is 0.500. The van der Waals surface area contributed by atoms with E-state index in [0.717, 1.165) is 34.6 Å². The normalized spacial score (nSPS) is 27.3. The molecule has 0 unspecified atom stereocenters. The fourth-order valence-electron chi connectivity index (χ4n) is 7.12. The molecule has 1 N–H and O–H groups in total. The first kappa shape index (κ1) is 24.1. The van der Waals surface area contributed by atoms with E-state index in [9.17, 15) is 9.90 Å². The summed E-state index contributed by atoms with van der Waals surface area (Å²) in [7, 11) is 1.67. The molecule has 5 heteroatoms. The number of ether oxygens (including phenoxy) is 3. The van der Waals surface area contributed by atoms with E-state index in [1.54, 1.807) is 19.2 Å². The molecule has 4 bridgehead atoms. The minimum absolute atomic E-state index is 0.204. The smallest absolute Gasteiger partial charge is 0.335 e. The molecule has 5 nitrogen and oxygen atoms in total. The topological polar surface area (TPSA) is 65.0 Å². The number of rotatable bonds is 10. The van der Waals surface area contributed by atoms with Gasteiger partial charge in [0.15, 0.2) is 6.79 Å². The zero-order chi connectivity index (χ0) is 24.4. The Morgan fingerprint density at radius 3 is 2.20 bits per heavy atom. The highest BCUT2D eigenvalue weighted by Gasteiger charge is 2.52. The van der Waals surface area contributed by atoms with E-state index in [4.69, 9.17) is 14.2 Å². The molecule has 6 rings (SSSR count). The van der Waals surface area contributed by atoms with Gasteiger partial charge < -0.3 is 19.3 Å². The lowest BCUT2D eigenvalue weighted by atomic mass is 9.48. The van der Waals surface area contributed by atoms with Crippen molar-refractivity contribution in [2.75, 3.05) is 27.1 Å². The molecule has 0 amide bonds. The molecule has 4 fully saturated rings. The number of allylic oxidation sites excluding steroid dienone is 1. The quantitative estimate of drug-likeness (QED) is 0.244. The maximum atomic E-state index is 11.2. The van der Waals surface area contributed by atoms with Gasteiger partial charge in [0.1, 0.15) is 5.75 Å². The van der Waals surface area contributed by atoms with Gasteiger partial charge in [-0.3, -0.25) is 0 Å². The average molecular weight is 477 g/mol. The lowest BCUT2D eigenvalue weighted by Crippen LogP contribution is -2.48. The van der Waals surface area contributed by atoms with Crippen molar-refractivity contribution >= 4 is 17.6 Å². The summed E-state index contributed by atoms with van der Waals surface area (Å²) in [6.07, 6.45) is 10.1. The minimum Gasteiger partial charge on any atom is -0.478 e. The highest BCUT2D eigenvalue weighted by molar-refractivity contribution is 5.88. The van der Waals surface area contributed by atoms with Crippen LogP contribution in [-0.2, 0) is 14.9 Å². The molecule has 186 valence electrons. The monoisotopic (exact) mass is 476 g/mol. The van der Waals surface area contributed by atoms with Crippen LogP contribution < -0.4 is 4.74 Å². The van der Waals surface area contributed by atoms with E-state index in [0.29, 0.717) is 18.8 Å². The summed E-state index contributed by atoms with van der Waals surface area (Å²) in [6, 6.07) is 13.6. The van der Waals surface area contributed by atoms with Gasteiger partial charge in [-0.2, -0.15) is 0 Å². The van der Waals surface area contributed by atoms with E-state index in [1.165, 1.54) is 49.7 Å². The van der Waals surface area contributed by atoms with Gasteiger partial charge in [-0.1, -0.05) is 24.3 Å². The molecule has 0 aromatic heterocycles. The molecular formula is C30H36O5. The summed E-state index contributed by atoms with van der Waals surface area (Å²) >= 11 is 0. The van der Waals surface area contributed by atoms with Crippen molar-refractivity contribution in [3.05, 3.63) is 64.7 Å². The molecule has 0 radical (unpaired) electrons. The van der Waals surface area contributed by atoms with Gasteiger partial charge in [0, 0.05) is 12.7 Å². The summed E-state index contributed by atoms with van der Waals surface area (Å²) < 4.78 is 16.9. The maximum Gasteiger partial charge on any atom is 0.335 e. The third-order valence-corrected chi connectivity index (χ3v) is 8.31. The third-order valence-electron chi connectivity index (χ3n) is 8.31. The number of methoxy groups -OCH3 is 1. The van der Waals surface area contributed by atoms with Crippen LogP contribution in [0.15, 0.2) is 42.5 Å². The standard InChI is InChI=1S/C30H36O5/c1-20(11-21-3-5-25(6-4-21)29(31)32)26-7-8-28(35-19-34-10-9-33-2)27(15-26)30-16-22-12-23(17-30)14-24(13-22)18-30/h3-8,11,15,22-24H,9-10,12-14,16-19H2,1-2H3,(H,31,32)/b20-11+. The first-order chi connectivity index (χ1) is 17.0. The molecule has 0 saturated heterocycles. The van der Waals surface area contributed by atoms with Crippen LogP contribution in [0.1, 0.15) is 72.5 Å². The van der Waals surface area contributed by atoms with Crippen molar-refractivity contribution in [2.45, 2.75) is 50.9 Å². The molecule has 0 spiro atoms. The number of benzene rings is 2. The second kappa shape index (κ2) is 10.2. The van der Waals surface area contributed by atoms with Crippen LogP contribution in [0.5, 0.6) is 5.75 Å². The first-order valence-corrected chi connectivity index (χ1v) is 12.8. The van der Waals surface area contributed by atoms with E-state index in [-0.39, 0.29) is 12.2 Å². The Hall–Kier alpha value is -2.63. The van der Waals surface area contributed by atoms with Gasteiger partial charge in [-0.25, -0.2) is 4.79 Å². The van der Waals surface area contributed by atoms with Crippen molar-refractivity contribution in [2.24, 2.45) is 17.8 Å². The van der Waals surface area contributed by atoms with Crippen molar-refractivity contribution < 1.29 is 24.1 Å². The van der Waals surface area contributed by atoms with Crippen LogP contribution in [0.25, 0.3) is 11.6 Å². The number of hydrogen-bond acceptors (Lipinski definition) is 4. The number of hydrogen-bond donors (Lipinski definition) is 1. The Kier molecular flexibility index (Phi) is 6.99. The summed E-state index contributed by atoms with van der Waals surface area (Å²) in [5.41, 5.74) is 5.19. The van der Waals surface area contributed by atoms with Crippen molar-refractivity contribution in [1.29, 1.82) is 0 Å². The zero-order valence-corrected chi connectivity index (χ0v) is 20.8. The second-order valence-corrected chi connectivity index (χ2v) is 10.8. The van der Waals surface area contributed by atoms with Crippen molar-refractivity contribution in [3.8, 4) is 5.75 Å². The highest BCUT2D eigenvalue weighted by Crippen LogP contribution is 2.62. The molecule has 0 aliphatic heterocycles. The maximum absolute atomic E-state index is 11.2. The molecule has 35 heavy (non-hydrogen) atoms. The highest BCUT2D eigenvalue weighted by atomic mass is 16.7. The molecule has 4 aliphatic rings. The predicted molar refractivity (Wildman–Crippen MR) is 137 cm³/mol. The van der Waals surface area contributed by atoms with Crippen LogP contribution in [0.3, 0.4) is 0 Å². The largest absolute Gasteiger partial charge is 0.478 e. The molecule has 4 saturated carbocycles. The Balaban J connectivity index is 1.44. The zero-order valence-electron chi connectivity index (χ0n) is 20.8. The van der Waals surface area contributed by atoms with Crippen LogP contribution in [0.4, 0.5) is 0 Å². The minimum atomic E-state index is -0.903. The third kappa shape index (κ3) is 5.17. The lowest BCUT2D eigenvalue weighted by molar-refractivity contribution is -0.0189. The molecular weight excluding hydrogens is 440 g/mol. The Morgan fingerprint density at radius 1 is 0.971 bits per heavy atom. The summed E-state index contributed by atoms with van der Waals surface area (Å²) in [6.45, 7) is 3.43. The first-order valence-electron chi connectivity index (χ1n) is 12.8. The number of carboxylic acid groups (broad SMARTS) is 1. The lowest BCUT2D eigenvalue weighted by Gasteiger charge is -2.57. The van der Waals surface area contributed by atoms with Gasteiger partial charge in [-0.05, 0) is 110 Å². The number of carbonyl (C=O) groups is 1. The molecule has 2 aromatic rings.